The SMILES string of the molecule is CN(Cc1ccc2c(c1)OCO2)C(=O)c1ccccc1O. The Morgan fingerprint density at radius 3 is 2.76 bits per heavy atom. The predicted molar refractivity (Wildman–Crippen MR) is 76.5 cm³/mol. The highest BCUT2D eigenvalue weighted by atomic mass is 16.7. The summed E-state index contributed by atoms with van der Waals surface area (Å²) in [5.74, 6) is 1.16. The van der Waals surface area contributed by atoms with Crippen LogP contribution in [0.15, 0.2) is 42.5 Å². The molecular formula is C16H15NO4. The summed E-state index contributed by atoms with van der Waals surface area (Å²) in [6.07, 6.45) is 0. The van der Waals surface area contributed by atoms with Crippen molar-refractivity contribution >= 4 is 5.91 Å². The second-order valence-corrected chi connectivity index (χ2v) is 4.87. The van der Waals surface area contributed by atoms with Crippen LogP contribution in [0.3, 0.4) is 0 Å². The zero-order chi connectivity index (χ0) is 14.8. The van der Waals surface area contributed by atoms with Gasteiger partial charge in [-0.3, -0.25) is 4.79 Å². The van der Waals surface area contributed by atoms with Gasteiger partial charge in [-0.25, -0.2) is 0 Å². The Hall–Kier alpha value is -2.69. The number of ether oxygens (including phenoxy) is 2. The molecule has 0 spiro atoms. The number of benzene rings is 2. The van der Waals surface area contributed by atoms with E-state index in [4.69, 9.17) is 9.47 Å². The van der Waals surface area contributed by atoms with E-state index in [0.29, 0.717) is 23.6 Å². The molecule has 3 rings (SSSR count). The molecule has 0 bridgehead atoms. The molecule has 0 atom stereocenters. The second kappa shape index (κ2) is 5.36. The van der Waals surface area contributed by atoms with Gasteiger partial charge in [0.1, 0.15) is 5.75 Å². The lowest BCUT2D eigenvalue weighted by Crippen LogP contribution is -2.26. The number of carbonyl (C=O) groups is 1. The van der Waals surface area contributed by atoms with Gasteiger partial charge in [0.15, 0.2) is 11.5 Å². The maximum Gasteiger partial charge on any atom is 0.257 e. The first-order valence-electron chi connectivity index (χ1n) is 6.57. The number of carbonyl (C=O) groups excluding carboxylic acids is 1. The molecule has 5 nitrogen and oxygen atoms in total. The van der Waals surface area contributed by atoms with Crippen LogP contribution in [-0.2, 0) is 6.54 Å². The van der Waals surface area contributed by atoms with Crippen LogP contribution < -0.4 is 9.47 Å². The van der Waals surface area contributed by atoms with E-state index >= 15 is 0 Å². The average Bonchev–Trinajstić information content (AvgIpc) is 2.94. The number of phenolic OH excluding ortho intramolecular Hbond substituents is 1. The lowest BCUT2D eigenvalue weighted by Gasteiger charge is -2.18. The number of nitrogens with zero attached hydrogens (tertiary/aromatic N) is 1. The molecular weight excluding hydrogens is 270 g/mol. The standard InChI is InChI=1S/C16H15NO4/c1-17(16(19)12-4-2-3-5-13(12)18)9-11-6-7-14-15(8-11)21-10-20-14/h2-8,18H,9-10H2,1H3. The molecule has 1 aliphatic heterocycles. The van der Waals surface area contributed by atoms with Crippen LogP contribution in [0.1, 0.15) is 15.9 Å². The molecule has 1 N–H and O–H groups in total. The van der Waals surface area contributed by atoms with Crippen LogP contribution in [0.4, 0.5) is 0 Å². The minimum absolute atomic E-state index is 0.0139. The van der Waals surface area contributed by atoms with Gasteiger partial charge in [-0.2, -0.15) is 0 Å². The van der Waals surface area contributed by atoms with E-state index in [2.05, 4.69) is 0 Å². The van der Waals surface area contributed by atoms with E-state index in [-0.39, 0.29) is 18.4 Å². The maximum absolute atomic E-state index is 12.3. The fraction of sp³-hybridized carbons (Fsp3) is 0.188. The molecule has 1 heterocycles. The molecule has 0 radical (unpaired) electrons. The molecule has 2 aromatic carbocycles. The van der Waals surface area contributed by atoms with Crippen LogP contribution in [0.2, 0.25) is 0 Å². The summed E-state index contributed by atoms with van der Waals surface area (Å²) in [4.78, 5) is 13.9. The highest BCUT2D eigenvalue weighted by Crippen LogP contribution is 2.32. The van der Waals surface area contributed by atoms with Gasteiger partial charge in [0.25, 0.3) is 5.91 Å². The number of fused-ring (bicyclic) bond motifs is 1. The van der Waals surface area contributed by atoms with Crippen molar-refractivity contribution in [1.82, 2.24) is 4.90 Å². The van der Waals surface area contributed by atoms with Crippen molar-refractivity contribution in [3.8, 4) is 17.2 Å². The van der Waals surface area contributed by atoms with Crippen molar-refractivity contribution in [2.45, 2.75) is 6.54 Å². The lowest BCUT2D eigenvalue weighted by molar-refractivity contribution is 0.0782. The fourth-order valence-corrected chi connectivity index (χ4v) is 2.25. The molecule has 0 saturated carbocycles. The summed E-state index contributed by atoms with van der Waals surface area (Å²) in [6.45, 7) is 0.648. The number of para-hydroxylation sites is 1. The molecule has 0 saturated heterocycles. The lowest BCUT2D eigenvalue weighted by atomic mass is 10.1. The third-order valence-corrected chi connectivity index (χ3v) is 3.34. The van der Waals surface area contributed by atoms with Crippen LogP contribution in [-0.4, -0.2) is 29.8 Å². The quantitative estimate of drug-likeness (QED) is 0.940. The minimum atomic E-state index is -0.231. The maximum atomic E-state index is 12.3. The zero-order valence-corrected chi connectivity index (χ0v) is 11.6. The molecule has 1 amide bonds. The number of phenols is 1. The Morgan fingerprint density at radius 2 is 1.95 bits per heavy atom. The Bertz CT molecular complexity index is 684. The molecule has 2 aromatic rings. The number of hydrogen-bond donors (Lipinski definition) is 1. The Balaban J connectivity index is 1.76. The van der Waals surface area contributed by atoms with Gasteiger partial charge in [0.05, 0.1) is 5.56 Å². The first-order chi connectivity index (χ1) is 10.1. The van der Waals surface area contributed by atoms with E-state index in [0.717, 1.165) is 5.56 Å². The first-order valence-corrected chi connectivity index (χ1v) is 6.57. The Labute approximate surface area is 122 Å². The van der Waals surface area contributed by atoms with E-state index in [1.807, 2.05) is 18.2 Å². The monoisotopic (exact) mass is 285 g/mol. The van der Waals surface area contributed by atoms with Crippen molar-refractivity contribution in [3.05, 3.63) is 53.6 Å². The molecule has 21 heavy (non-hydrogen) atoms. The molecule has 5 heteroatoms. The summed E-state index contributed by atoms with van der Waals surface area (Å²) < 4.78 is 10.6. The predicted octanol–water partition coefficient (Wildman–Crippen LogP) is 2.39. The van der Waals surface area contributed by atoms with Crippen molar-refractivity contribution in [1.29, 1.82) is 0 Å². The van der Waals surface area contributed by atoms with Gasteiger partial charge in [-0.05, 0) is 29.8 Å². The zero-order valence-electron chi connectivity index (χ0n) is 11.6. The number of aromatic hydroxyl groups is 1. The average molecular weight is 285 g/mol. The summed E-state index contributed by atoms with van der Waals surface area (Å²) in [5, 5.41) is 9.74. The van der Waals surface area contributed by atoms with Gasteiger partial charge < -0.3 is 19.5 Å². The molecule has 0 unspecified atom stereocenters. The van der Waals surface area contributed by atoms with Crippen molar-refractivity contribution in [3.63, 3.8) is 0 Å². The van der Waals surface area contributed by atoms with E-state index in [1.165, 1.54) is 6.07 Å². The normalized spacial score (nSPS) is 12.2. The minimum Gasteiger partial charge on any atom is -0.507 e. The van der Waals surface area contributed by atoms with Crippen molar-refractivity contribution in [2.24, 2.45) is 0 Å². The molecule has 1 aliphatic rings. The third kappa shape index (κ3) is 2.63. The third-order valence-electron chi connectivity index (χ3n) is 3.34. The highest BCUT2D eigenvalue weighted by Gasteiger charge is 2.17. The fourth-order valence-electron chi connectivity index (χ4n) is 2.25. The highest BCUT2D eigenvalue weighted by molar-refractivity contribution is 5.96. The summed E-state index contributed by atoms with van der Waals surface area (Å²) >= 11 is 0. The van der Waals surface area contributed by atoms with Crippen molar-refractivity contribution in [2.75, 3.05) is 13.8 Å². The molecule has 108 valence electrons. The number of rotatable bonds is 3. The summed E-state index contributed by atoms with van der Waals surface area (Å²) in [7, 11) is 1.69. The number of hydrogen-bond acceptors (Lipinski definition) is 4. The summed E-state index contributed by atoms with van der Waals surface area (Å²) in [5.41, 5.74) is 1.23. The molecule has 0 aromatic heterocycles. The summed E-state index contributed by atoms with van der Waals surface area (Å²) in [6, 6.07) is 12.1. The van der Waals surface area contributed by atoms with Gasteiger partial charge in [-0.1, -0.05) is 18.2 Å². The van der Waals surface area contributed by atoms with E-state index in [9.17, 15) is 9.90 Å². The van der Waals surface area contributed by atoms with E-state index < -0.39 is 0 Å². The van der Waals surface area contributed by atoms with Crippen LogP contribution >= 0.6 is 0 Å². The smallest absolute Gasteiger partial charge is 0.257 e. The first kappa shape index (κ1) is 13.3. The van der Waals surface area contributed by atoms with Crippen LogP contribution in [0.25, 0.3) is 0 Å². The Morgan fingerprint density at radius 1 is 1.19 bits per heavy atom. The molecule has 0 fully saturated rings. The van der Waals surface area contributed by atoms with E-state index in [1.54, 1.807) is 30.1 Å². The van der Waals surface area contributed by atoms with Crippen LogP contribution in [0.5, 0.6) is 17.2 Å². The topological polar surface area (TPSA) is 59.0 Å². The molecule has 0 aliphatic carbocycles. The Kier molecular flexibility index (Phi) is 3.39. The van der Waals surface area contributed by atoms with Crippen molar-refractivity contribution < 1.29 is 19.4 Å². The number of amides is 1. The van der Waals surface area contributed by atoms with Gasteiger partial charge >= 0.3 is 0 Å². The van der Waals surface area contributed by atoms with Crippen LogP contribution in [0, 0.1) is 0 Å². The van der Waals surface area contributed by atoms with Gasteiger partial charge in [0, 0.05) is 13.6 Å². The second-order valence-electron chi connectivity index (χ2n) is 4.87. The van der Waals surface area contributed by atoms with Gasteiger partial charge in [0.2, 0.25) is 6.79 Å². The largest absolute Gasteiger partial charge is 0.507 e. The van der Waals surface area contributed by atoms with Gasteiger partial charge in [-0.15, -0.1) is 0 Å².